The fraction of sp³-hybridized carbons (Fsp3) is 0.536. The molecule has 12 nitrogen and oxygen atoms in total. The van der Waals surface area contributed by atoms with Gasteiger partial charge in [-0.1, -0.05) is 6.92 Å². The van der Waals surface area contributed by atoms with E-state index >= 15 is 0 Å². The molecule has 0 bridgehead atoms. The summed E-state index contributed by atoms with van der Waals surface area (Å²) in [5, 5.41) is 55.1. The fourth-order valence-electron chi connectivity index (χ4n) is 7.87. The normalized spacial score (nSPS) is 31.5. The number of Topliss-reactive ketones (excluding diaryl/α,β-unsaturated/α-hetero) is 2. The molecular weight excluding hydrogens is 577 g/mol. The fourth-order valence-corrected chi connectivity index (χ4v) is 7.87. The Balaban J connectivity index is 1.61. The van der Waals surface area contributed by atoms with Crippen LogP contribution in [0.4, 0.5) is 18.9 Å². The molecular formula is C28H32F3N4O8+. The summed E-state index contributed by atoms with van der Waals surface area (Å²) >= 11 is 0. The average molecular weight is 610 g/mol. The molecule has 5 atom stereocenters. The number of ether oxygens (including phenoxy) is 1. The van der Waals surface area contributed by atoms with E-state index in [-0.39, 0.29) is 42.1 Å². The van der Waals surface area contributed by atoms with Crippen LogP contribution in [0.15, 0.2) is 16.9 Å². The Kier molecular flexibility index (Phi) is 6.62. The van der Waals surface area contributed by atoms with Crippen LogP contribution in [-0.4, -0.2) is 76.0 Å². The Morgan fingerprint density at radius 3 is 2.60 bits per heavy atom. The summed E-state index contributed by atoms with van der Waals surface area (Å²) in [6.07, 6.45) is -5.60. The maximum atomic E-state index is 14.2. The molecule has 3 aliphatic carbocycles. The van der Waals surface area contributed by atoms with E-state index in [1.807, 2.05) is 0 Å². The number of ketones is 2. The first-order valence-corrected chi connectivity index (χ1v) is 14.1. The Morgan fingerprint density at radius 1 is 1.23 bits per heavy atom. The quantitative estimate of drug-likeness (QED) is 0.172. The van der Waals surface area contributed by atoms with Crippen LogP contribution in [0.2, 0.25) is 0 Å². The third-order valence-corrected chi connectivity index (χ3v) is 9.66. The number of phenols is 1. The topological polar surface area (TPSA) is 205 Å². The maximum Gasteiger partial charge on any atom is 0.573 e. The number of phenolic OH excluding ortho intramolecular Hbond substituents is 1. The smallest absolute Gasteiger partial charge is 0.508 e. The van der Waals surface area contributed by atoms with Gasteiger partial charge >= 0.3 is 12.3 Å². The van der Waals surface area contributed by atoms with Gasteiger partial charge in [-0.05, 0) is 44.2 Å². The molecule has 232 valence electrons. The highest BCUT2D eigenvalue weighted by molar-refractivity contribution is 6.21. The molecule has 2 fully saturated rings. The van der Waals surface area contributed by atoms with Crippen molar-refractivity contribution in [3.63, 3.8) is 0 Å². The summed E-state index contributed by atoms with van der Waals surface area (Å²) in [5.41, 5.74) is -3.37. The number of anilines is 1. The first-order valence-electron chi connectivity index (χ1n) is 14.1. The maximum absolute atomic E-state index is 14.2. The summed E-state index contributed by atoms with van der Waals surface area (Å²) in [5.74, 6) is -7.59. The number of rotatable bonds is 5. The third-order valence-electron chi connectivity index (χ3n) is 9.66. The van der Waals surface area contributed by atoms with Gasteiger partial charge in [0.05, 0.1) is 11.3 Å². The van der Waals surface area contributed by atoms with E-state index in [0.717, 1.165) is 0 Å². The van der Waals surface area contributed by atoms with Crippen molar-refractivity contribution in [3.8, 4) is 11.5 Å². The zero-order chi connectivity index (χ0) is 31.2. The first-order chi connectivity index (χ1) is 20.2. The van der Waals surface area contributed by atoms with Crippen LogP contribution in [0.25, 0.3) is 5.76 Å². The molecule has 2 aliphatic heterocycles. The number of fused-ring (bicyclic) bond motifs is 6. The lowest BCUT2D eigenvalue weighted by molar-refractivity contribution is -0.299. The lowest BCUT2D eigenvalue weighted by Gasteiger charge is -2.54. The number of hydrogen-bond donors (Lipinski definition) is 8. The minimum Gasteiger partial charge on any atom is -0.508 e. The Labute approximate surface area is 242 Å². The molecule has 15 heteroatoms. The Morgan fingerprint density at radius 2 is 1.95 bits per heavy atom. The van der Waals surface area contributed by atoms with Crippen molar-refractivity contribution in [1.29, 1.82) is 0 Å². The molecule has 0 spiro atoms. The minimum absolute atomic E-state index is 0.0617. The largest absolute Gasteiger partial charge is 0.573 e. The van der Waals surface area contributed by atoms with Crippen molar-refractivity contribution in [1.82, 2.24) is 10.6 Å². The molecule has 0 radical (unpaired) electrons. The molecule has 1 saturated carbocycles. The van der Waals surface area contributed by atoms with Crippen LogP contribution in [0, 0.1) is 17.3 Å². The first kappa shape index (κ1) is 29.4. The van der Waals surface area contributed by atoms with E-state index in [2.05, 4.69) is 26.4 Å². The number of halogens is 3. The van der Waals surface area contributed by atoms with Crippen LogP contribution in [0.1, 0.15) is 48.9 Å². The molecule has 6 rings (SSSR count). The molecule has 5 aliphatic rings. The number of hydrogen-bond acceptors (Lipinski definition) is 11. The molecule has 2 heterocycles. The van der Waals surface area contributed by atoms with E-state index in [0.29, 0.717) is 26.1 Å². The molecule has 1 aromatic rings. The highest BCUT2D eigenvalue weighted by Gasteiger charge is 2.68. The van der Waals surface area contributed by atoms with Crippen LogP contribution in [-0.2, 0) is 20.8 Å². The average Bonchev–Trinajstić information content (AvgIpc) is 3.40. The number of benzene rings is 1. The number of carbonyl (C=O) groups excluding carboxylic acids is 3. The van der Waals surface area contributed by atoms with Gasteiger partial charge in [0.2, 0.25) is 5.78 Å². The van der Waals surface area contributed by atoms with Crippen molar-refractivity contribution in [2.24, 2.45) is 17.3 Å². The zero-order valence-electron chi connectivity index (χ0n) is 23.2. The van der Waals surface area contributed by atoms with Gasteiger partial charge in [-0.25, -0.2) is 4.79 Å². The highest BCUT2D eigenvalue weighted by Crippen LogP contribution is 2.61. The highest BCUT2D eigenvalue weighted by atomic mass is 19.4. The molecule has 10 N–H and O–H groups in total. The van der Waals surface area contributed by atoms with Gasteiger partial charge < -0.3 is 41.1 Å². The van der Waals surface area contributed by atoms with E-state index in [1.165, 1.54) is 0 Å². The lowest BCUT2D eigenvalue weighted by Crippen LogP contribution is -2.69. The van der Waals surface area contributed by atoms with Crippen LogP contribution < -0.4 is 26.4 Å². The molecule has 1 amide bonds. The zero-order valence-corrected chi connectivity index (χ0v) is 23.2. The number of aliphatic hydroxyl groups excluding tert-OH is 2. The standard InChI is InChI=1S/C28H31F3N4O8/c1-2-33-9-26-6-11-5-12-15(20(37)14(11)23(39)27(26,42)24(40)16(25(32)41)13(36)7-26)21(38)19-17(22(12)43-28(29,30)31)18-10(8-35-19)3-4-34-18/h10-11,18,33-35,37-38,40,42H,2-9H2,1H3,(H2,32,41)/p+1/t10?,11?,18?,26-,27-/m0/s1. The number of nitrogens with one attached hydrogen (secondary N) is 3. The van der Waals surface area contributed by atoms with E-state index in [4.69, 9.17) is 0 Å². The van der Waals surface area contributed by atoms with Crippen molar-refractivity contribution < 1.29 is 58.5 Å². The SMILES string of the molecule is CCNC[C@]12CC(=O)C(C([NH3+])=O)=C(O)[C@@]1(O)C(=O)C1=C(O)c3c(O)c4c(c(OC(F)(F)F)c3CC1C2)C1NCCC1CN4. The van der Waals surface area contributed by atoms with Crippen LogP contribution in [0.5, 0.6) is 11.5 Å². The van der Waals surface area contributed by atoms with E-state index in [9.17, 15) is 48.0 Å². The van der Waals surface area contributed by atoms with Crippen LogP contribution in [0.3, 0.4) is 0 Å². The third kappa shape index (κ3) is 4.01. The summed E-state index contributed by atoms with van der Waals surface area (Å²) in [6, 6.07) is -0.577. The van der Waals surface area contributed by atoms with Crippen molar-refractivity contribution >= 4 is 28.9 Å². The van der Waals surface area contributed by atoms with Gasteiger partial charge in [0.15, 0.2) is 28.5 Å². The summed E-state index contributed by atoms with van der Waals surface area (Å²) < 4.78 is 46.2. The second-order valence-electron chi connectivity index (χ2n) is 11.9. The summed E-state index contributed by atoms with van der Waals surface area (Å²) in [6.45, 7) is 2.73. The molecule has 0 aromatic heterocycles. The van der Waals surface area contributed by atoms with E-state index in [1.54, 1.807) is 6.92 Å². The predicted octanol–water partition coefficient (Wildman–Crippen LogP) is 0.662. The molecule has 3 unspecified atom stereocenters. The number of amides is 1. The van der Waals surface area contributed by atoms with Gasteiger partial charge in [0, 0.05) is 47.7 Å². The number of aromatic hydroxyl groups is 1. The molecule has 1 aromatic carbocycles. The minimum atomic E-state index is -5.14. The second kappa shape index (κ2) is 9.67. The number of alkyl halides is 3. The van der Waals surface area contributed by atoms with Crippen molar-refractivity contribution in [2.75, 3.05) is 31.5 Å². The summed E-state index contributed by atoms with van der Waals surface area (Å²) in [4.78, 5) is 39.5. The number of carbonyl (C=O) groups is 3. The van der Waals surface area contributed by atoms with Gasteiger partial charge in [0.25, 0.3) is 0 Å². The van der Waals surface area contributed by atoms with Gasteiger partial charge in [-0.15, -0.1) is 13.2 Å². The molecule has 43 heavy (non-hydrogen) atoms. The van der Waals surface area contributed by atoms with Crippen molar-refractivity contribution in [2.45, 2.75) is 50.6 Å². The number of quaternary nitrogens is 1. The lowest BCUT2D eigenvalue weighted by atomic mass is 9.51. The van der Waals surface area contributed by atoms with E-state index < -0.39 is 93.0 Å². The molecule has 1 saturated heterocycles. The van der Waals surface area contributed by atoms with Gasteiger partial charge in [-0.3, -0.25) is 15.3 Å². The monoisotopic (exact) mass is 609 g/mol. The van der Waals surface area contributed by atoms with Crippen molar-refractivity contribution in [3.05, 3.63) is 33.6 Å². The predicted molar refractivity (Wildman–Crippen MR) is 142 cm³/mol. The second-order valence-corrected chi connectivity index (χ2v) is 11.9. The summed E-state index contributed by atoms with van der Waals surface area (Å²) in [7, 11) is 0. The van der Waals surface area contributed by atoms with Gasteiger partial charge in [-0.2, -0.15) is 0 Å². The Hall–Kier alpha value is -3.66. The van der Waals surface area contributed by atoms with Gasteiger partial charge in [0.1, 0.15) is 11.5 Å². The van der Waals surface area contributed by atoms with Crippen LogP contribution >= 0.6 is 0 Å². The Bertz CT molecular complexity index is 1540. The number of aliphatic hydroxyl groups is 3.